The second-order valence-corrected chi connectivity index (χ2v) is 12.1. The summed E-state index contributed by atoms with van der Waals surface area (Å²) in [6.45, 7) is 3.89. The summed E-state index contributed by atoms with van der Waals surface area (Å²) in [5.41, 5.74) is 7.81. The van der Waals surface area contributed by atoms with Gasteiger partial charge in [0.05, 0.1) is 6.33 Å². The second-order valence-electron chi connectivity index (χ2n) is 11.6. The fourth-order valence-corrected chi connectivity index (χ4v) is 7.68. The van der Waals surface area contributed by atoms with Crippen LogP contribution >= 0.6 is 11.6 Å². The number of carbonyl (C=O) groups is 3. The summed E-state index contributed by atoms with van der Waals surface area (Å²) in [6.07, 6.45) is 1.79. The molecule has 1 saturated heterocycles. The summed E-state index contributed by atoms with van der Waals surface area (Å²) in [5.74, 6) is -1.05. The highest BCUT2D eigenvalue weighted by Gasteiger charge is 2.59. The lowest BCUT2D eigenvalue weighted by Gasteiger charge is -2.52. The van der Waals surface area contributed by atoms with Crippen molar-refractivity contribution in [3.8, 4) is 0 Å². The first kappa shape index (κ1) is 29.3. The standard InChI is InChI=1S/C30H34ClN5O7/c1-14(37)40-24(22-19-6-4-17(5-7-19)21(22)18-8-10-20(31)11-9-18)25-26(41-15(2)38)27(42-16(3)39)30(43-25)36-13-35-23-28(32)33-12-34-29(23)36/h8-13,17,19,21-22,24-27,30H,4-7H2,1-3H3,(H2,32,33,34)/t17?,19?,21?,22?,24?,25-,26-,27-,30-/m1/s1. The van der Waals surface area contributed by atoms with Crippen LogP contribution in [0.4, 0.5) is 5.82 Å². The summed E-state index contributed by atoms with van der Waals surface area (Å²) in [4.78, 5) is 50.3. The fourth-order valence-electron chi connectivity index (χ4n) is 7.56. The van der Waals surface area contributed by atoms with Crippen LogP contribution in [0.25, 0.3) is 11.2 Å². The number of hydrogen-bond acceptors (Lipinski definition) is 11. The van der Waals surface area contributed by atoms with Gasteiger partial charge in [-0.3, -0.25) is 19.0 Å². The van der Waals surface area contributed by atoms with Crippen LogP contribution in [0.2, 0.25) is 5.02 Å². The smallest absolute Gasteiger partial charge is 0.303 e. The number of imidazole rings is 1. The average molecular weight is 612 g/mol. The third kappa shape index (κ3) is 5.53. The van der Waals surface area contributed by atoms with Crippen LogP contribution in [0.5, 0.6) is 0 Å². The molecule has 1 aromatic carbocycles. The van der Waals surface area contributed by atoms with E-state index >= 15 is 0 Å². The molecule has 3 heterocycles. The van der Waals surface area contributed by atoms with Gasteiger partial charge in [-0.05, 0) is 61.1 Å². The molecule has 3 aromatic rings. The third-order valence-corrected chi connectivity index (χ3v) is 9.29. The first-order chi connectivity index (χ1) is 20.6. The molecule has 1 aliphatic heterocycles. The molecule has 13 heteroatoms. The Balaban J connectivity index is 1.47. The average Bonchev–Trinajstić information content (AvgIpc) is 3.54. The first-order valence-corrected chi connectivity index (χ1v) is 14.9. The van der Waals surface area contributed by atoms with Gasteiger partial charge in [0.25, 0.3) is 0 Å². The number of fused-ring (bicyclic) bond motifs is 4. The van der Waals surface area contributed by atoms with Gasteiger partial charge in [-0.25, -0.2) is 15.0 Å². The number of aromatic nitrogens is 4. The summed E-state index contributed by atoms with van der Waals surface area (Å²) in [7, 11) is 0. The minimum atomic E-state index is -1.10. The first-order valence-electron chi connectivity index (χ1n) is 14.5. The lowest BCUT2D eigenvalue weighted by Crippen LogP contribution is -2.53. The van der Waals surface area contributed by atoms with Gasteiger partial charge in [-0.2, -0.15) is 0 Å². The van der Waals surface area contributed by atoms with Gasteiger partial charge in [0.15, 0.2) is 29.9 Å². The Hall–Kier alpha value is -3.77. The monoisotopic (exact) mass is 611 g/mol. The number of nitrogens with zero attached hydrogens (tertiary/aromatic N) is 4. The lowest BCUT2D eigenvalue weighted by molar-refractivity contribution is -0.182. The Labute approximate surface area is 253 Å². The highest BCUT2D eigenvalue weighted by molar-refractivity contribution is 6.30. The van der Waals surface area contributed by atoms with Crippen molar-refractivity contribution in [1.82, 2.24) is 19.5 Å². The number of carbonyl (C=O) groups excluding carboxylic acids is 3. The molecule has 4 aliphatic rings. The highest BCUT2D eigenvalue weighted by atomic mass is 35.5. The molecule has 12 nitrogen and oxygen atoms in total. The van der Waals surface area contributed by atoms with Crippen molar-refractivity contribution in [1.29, 1.82) is 0 Å². The largest absolute Gasteiger partial charge is 0.459 e. The van der Waals surface area contributed by atoms with Crippen LogP contribution in [-0.4, -0.2) is 61.8 Å². The van der Waals surface area contributed by atoms with Crippen molar-refractivity contribution in [3.05, 3.63) is 47.5 Å². The van der Waals surface area contributed by atoms with E-state index in [1.165, 1.54) is 33.4 Å². The van der Waals surface area contributed by atoms with E-state index in [9.17, 15) is 14.4 Å². The topological polar surface area (TPSA) is 158 Å². The predicted octanol–water partition coefficient (Wildman–Crippen LogP) is 3.97. The highest BCUT2D eigenvalue weighted by Crippen LogP contribution is 2.56. The van der Waals surface area contributed by atoms with Gasteiger partial charge in [0, 0.05) is 31.7 Å². The molecule has 7 rings (SSSR count). The molecular weight excluding hydrogens is 578 g/mol. The Bertz CT molecular complexity index is 1520. The molecule has 3 saturated carbocycles. The maximum atomic E-state index is 12.7. The van der Waals surface area contributed by atoms with Crippen molar-refractivity contribution < 1.29 is 33.3 Å². The number of benzene rings is 1. The van der Waals surface area contributed by atoms with E-state index in [1.54, 1.807) is 4.57 Å². The number of hydrogen-bond donors (Lipinski definition) is 1. The lowest BCUT2D eigenvalue weighted by atomic mass is 9.55. The Morgan fingerprint density at radius 3 is 2.23 bits per heavy atom. The minimum Gasteiger partial charge on any atom is -0.459 e. The Kier molecular flexibility index (Phi) is 7.99. The SMILES string of the molecule is CC(=O)OC(C1C2CCC(CC2)C1c1ccc(Cl)cc1)[C@H]1O[C@@H](n2cnc3c(N)ncnc32)[C@H](OC(C)=O)[C@@H]1OC(C)=O. The van der Waals surface area contributed by atoms with Gasteiger partial charge >= 0.3 is 17.9 Å². The summed E-state index contributed by atoms with van der Waals surface area (Å²) < 4.78 is 26.0. The molecule has 0 spiro atoms. The number of nitrogens with two attached hydrogens (primary N) is 1. The van der Waals surface area contributed by atoms with Crippen LogP contribution in [0.3, 0.4) is 0 Å². The van der Waals surface area contributed by atoms with Crippen molar-refractivity contribution >= 4 is 46.5 Å². The quantitative estimate of drug-likeness (QED) is 0.304. The molecular formula is C30H34ClN5O7. The van der Waals surface area contributed by atoms with Gasteiger partial charge in [0.2, 0.25) is 0 Å². The molecule has 0 radical (unpaired) electrons. The van der Waals surface area contributed by atoms with Gasteiger partial charge < -0.3 is 24.7 Å². The minimum absolute atomic E-state index is 0.0449. The van der Waals surface area contributed by atoms with E-state index in [4.69, 9.17) is 36.3 Å². The maximum Gasteiger partial charge on any atom is 0.303 e. The van der Waals surface area contributed by atoms with Crippen molar-refractivity contribution in [3.63, 3.8) is 0 Å². The summed E-state index contributed by atoms with van der Waals surface area (Å²) >= 11 is 6.24. The van der Waals surface area contributed by atoms with Gasteiger partial charge in [0.1, 0.15) is 24.1 Å². The van der Waals surface area contributed by atoms with E-state index < -0.39 is 48.6 Å². The molecule has 43 heavy (non-hydrogen) atoms. The van der Waals surface area contributed by atoms with E-state index in [0.717, 1.165) is 31.2 Å². The fraction of sp³-hybridized carbons (Fsp3) is 0.533. The van der Waals surface area contributed by atoms with Crippen LogP contribution in [0.15, 0.2) is 36.9 Å². The second kappa shape index (κ2) is 11.7. The molecule has 3 aliphatic carbocycles. The zero-order chi connectivity index (χ0) is 30.4. The zero-order valence-corrected chi connectivity index (χ0v) is 24.8. The predicted molar refractivity (Wildman–Crippen MR) is 153 cm³/mol. The van der Waals surface area contributed by atoms with Crippen molar-refractivity contribution in [2.24, 2.45) is 17.8 Å². The van der Waals surface area contributed by atoms with Crippen molar-refractivity contribution in [2.75, 3.05) is 5.73 Å². The van der Waals surface area contributed by atoms with E-state index in [-0.39, 0.29) is 23.6 Å². The molecule has 2 aromatic heterocycles. The van der Waals surface area contributed by atoms with Gasteiger partial charge in [-0.15, -0.1) is 0 Å². The normalized spacial score (nSPS) is 30.6. The molecule has 3 unspecified atom stereocenters. The number of anilines is 1. The summed E-state index contributed by atoms with van der Waals surface area (Å²) in [6, 6.07) is 7.79. The van der Waals surface area contributed by atoms with E-state index in [2.05, 4.69) is 15.0 Å². The Morgan fingerprint density at radius 2 is 1.58 bits per heavy atom. The third-order valence-electron chi connectivity index (χ3n) is 9.03. The molecule has 0 amide bonds. The van der Waals surface area contributed by atoms with Crippen LogP contribution in [-0.2, 0) is 33.3 Å². The molecule has 228 valence electrons. The Morgan fingerprint density at radius 1 is 0.930 bits per heavy atom. The zero-order valence-electron chi connectivity index (χ0n) is 24.1. The number of halogens is 1. The van der Waals surface area contributed by atoms with Crippen LogP contribution in [0.1, 0.15) is 64.2 Å². The van der Waals surface area contributed by atoms with E-state index in [0.29, 0.717) is 22.1 Å². The maximum absolute atomic E-state index is 12.7. The molecule has 7 atom stereocenters. The number of ether oxygens (including phenoxy) is 4. The van der Waals surface area contributed by atoms with Crippen LogP contribution < -0.4 is 5.73 Å². The van der Waals surface area contributed by atoms with Crippen molar-refractivity contribution in [2.45, 2.75) is 83.0 Å². The van der Waals surface area contributed by atoms with E-state index in [1.807, 2.05) is 24.3 Å². The summed E-state index contributed by atoms with van der Waals surface area (Å²) in [5, 5.41) is 0.635. The molecule has 4 fully saturated rings. The number of esters is 3. The molecule has 2 bridgehead atoms. The van der Waals surface area contributed by atoms with Gasteiger partial charge in [-0.1, -0.05) is 23.7 Å². The van der Waals surface area contributed by atoms with Crippen LogP contribution in [0, 0.1) is 17.8 Å². The molecule has 2 N–H and O–H groups in total. The number of nitrogen functional groups attached to an aromatic ring is 1. The number of rotatable bonds is 7.